The summed E-state index contributed by atoms with van der Waals surface area (Å²) in [5.41, 5.74) is 17.3. The zero-order valence-corrected chi connectivity index (χ0v) is 23.0. The Hall–Kier alpha value is -3.32. The van der Waals surface area contributed by atoms with E-state index in [2.05, 4.69) is 20.9 Å². The summed E-state index contributed by atoms with van der Waals surface area (Å²) in [6.45, 7) is 3.83. The predicted molar refractivity (Wildman–Crippen MR) is 149 cm³/mol. The summed E-state index contributed by atoms with van der Waals surface area (Å²) in [6.07, 6.45) is 3.00. The maximum Gasteiger partial charge on any atom is 0.326 e. The molecule has 1 rings (SSSR count). The second-order valence-corrected chi connectivity index (χ2v) is 10.2. The Kier molecular flexibility index (Phi) is 14.8. The van der Waals surface area contributed by atoms with Crippen molar-refractivity contribution < 1.29 is 24.3 Å². The molecule has 13 heteroatoms. The Morgan fingerprint density at radius 3 is 2.13 bits per heavy atom. The van der Waals surface area contributed by atoms with E-state index in [-0.39, 0.29) is 24.7 Å². The Balaban J connectivity index is 2.98. The van der Waals surface area contributed by atoms with Crippen molar-refractivity contribution in [1.29, 1.82) is 0 Å². The smallest absolute Gasteiger partial charge is 0.326 e. The van der Waals surface area contributed by atoms with E-state index < -0.39 is 47.9 Å². The van der Waals surface area contributed by atoms with Gasteiger partial charge in [-0.05, 0) is 42.8 Å². The summed E-state index contributed by atoms with van der Waals surface area (Å²) in [6, 6.07) is 5.03. The van der Waals surface area contributed by atoms with Crippen molar-refractivity contribution in [3.63, 3.8) is 0 Å². The topological polar surface area (TPSA) is 215 Å². The number of carboxylic acids is 1. The molecule has 212 valence electrons. The van der Waals surface area contributed by atoms with Crippen LogP contribution in [0.1, 0.15) is 38.7 Å². The molecule has 0 heterocycles. The standard InChI is InChI=1S/C25H41N7O5S/c1-15(2)20(32-21(33)17(26)10-7-12-29-25(27)28)23(35)31-19(14-16-8-5-4-6-9-16)22(34)30-18(24(36)37)11-13-38-3/h4-6,8-9,15,17-20H,7,10-14,26H2,1-3H3,(H,30,34)(H,31,35)(H,32,33)(H,36,37)(H4,27,28,29). The molecule has 10 N–H and O–H groups in total. The van der Waals surface area contributed by atoms with Gasteiger partial charge < -0.3 is 38.3 Å². The van der Waals surface area contributed by atoms with E-state index in [0.717, 1.165) is 5.56 Å². The minimum atomic E-state index is -1.15. The van der Waals surface area contributed by atoms with E-state index in [1.165, 1.54) is 11.8 Å². The van der Waals surface area contributed by atoms with Gasteiger partial charge in [0.15, 0.2) is 5.96 Å². The molecule has 3 amide bonds. The predicted octanol–water partition coefficient (Wildman–Crippen LogP) is -0.442. The number of nitrogens with two attached hydrogens (primary N) is 3. The third kappa shape index (κ3) is 12.3. The van der Waals surface area contributed by atoms with Crippen LogP contribution in [0.2, 0.25) is 0 Å². The van der Waals surface area contributed by atoms with Gasteiger partial charge in [0.1, 0.15) is 18.1 Å². The minimum absolute atomic E-state index is 0.0485. The third-order valence-corrected chi connectivity index (χ3v) is 6.34. The fourth-order valence-electron chi connectivity index (χ4n) is 3.53. The van der Waals surface area contributed by atoms with Crippen LogP contribution in [-0.2, 0) is 25.6 Å². The van der Waals surface area contributed by atoms with Crippen LogP contribution in [0.4, 0.5) is 0 Å². The molecule has 0 bridgehead atoms. The first kappa shape index (κ1) is 32.7. The third-order valence-electron chi connectivity index (χ3n) is 5.69. The first-order valence-electron chi connectivity index (χ1n) is 12.4. The molecule has 0 spiro atoms. The molecule has 0 aliphatic heterocycles. The average Bonchev–Trinajstić information content (AvgIpc) is 2.86. The van der Waals surface area contributed by atoms with Gasteiger partial charge in [-0.1, -0.05) is 44.2 Å². The number of carboxylic acid groups (broad SMARTS) is 1. The lowest BCUT2D eigenvalue weighted by Gasteiger charge is -2.27. The largest absolute Gasteiger partial charge is 0.480 e. The second kappa shape index (κ2) is 17.2. The van der Waals surface area contributed by atoms with Crippen molar-refractivity contribution in [3.8, 4) is 0 Å². The lowest BCUT2D eigenvalue weighted by atomic mass is 10.00. The highest BCUT2D eigenvalue weighted by atomic mass is 32.2. The van der Waals surface area contributed by atoms with E-state index >= 15 is 0 Å². The van der Waals surface area contributed by atoms with Crippen LogP contribution in [0.3, 0.4) is 0 Å². The number of thioether (sulfide) groups is 1. The number of amides is 3. The number of hydrogen-bond acceptors (Lipinski definition) is 7. The van der Waals surface area contributed by atoms with Crippen LogP contribution in [-0.4, -0.2) is 77.5 Å². The molecule has 0 aromatic heterocycles. The van der Waals surface area contributed by atoms with Crippen LogP contribution in [0.15, 0.2) is 35.3 Å². The van der Waals surface area contributed by atoms with Gasteiger partial charge in [0.05, 0.1) is 6.04 Å². The molecule has 4 unspecified atom stereocenters. The van der Waals surface area contributed by atoms with Gasteiger partial charge in [-0.2, -0.15) is 11.8 Å². The molecule has 0 saturated carbocycles. The zero-order chi connectivity index (χ0) is 28.7. The van der Waals surface area contributed by atoms with Crippen LogP contribution in [0.25, 0.3) is 0 Å². The number of aliphatic imine (C=N–C) groups is 1. The van der Waals surface area contributed by atoms with E-state index in [1.54, 1.807) is 38.1 Å². The molecule has 1 aromatic carbocycles. The van der Waals surface area contributed by atoms with Gasteiger partial charge in [-0.25, -0.2) is 4.79 Å². The quantitative estimate of drug-likeness (QED) is 0.0757. The number of hydrogen-bond donors (Lipinski definition) is 7. The maximum absolute atomic E-state index is 13.3. The number of nitrogens with one attached hydrogen (secondary N) is 3. The Morgan fingerprint density at radius 2 is 1.58 bits per heavy atom. The minimum Gasteiger partial charge on any atom is -0.480 e. The normalized spacial score (nSPS) is 14.0. The number of carbonyl (C=O) groups excluding carboxylic acids is 3. The van der Waals surface area contributed by atoms with Crippen molar-refractivity contribution in [2.45, 2.75) is 63.7 Å². The highest BCUT2D eigenvalue weighted by Crippen LogP contribution is 2.09. The van der Waals surface area contributed by atoms with Gasteiger partial charge in [0, 0.05) is 13.0 Å². The average molecular weight is 552 g/mol. The fraction of sp³-hybridized carbons (Fsp3) is 0.560. The van der Waals surface area contributed by atoms with Crippen molar-refractivity contribution in [2.75, 3.05) is 18.6 Å². The van der Waals surface area contributed by atoms with Gasteiger partial charge in [0.2, 0.25) is 17.7 Å². The molecule has 4 atom stereocenters. The van der Waals surface area contributed by atoms with E-state index in [9.17, 15) is 24.3 Å². The van der Waals surface area contributed by atoms with Crippen LogP contribution in [0, 0.1) is 5.92 Å². The lowest BCUT2D eigenvalue weighted by Crippen LogP contribution is -2.58. The molecule has 0 saturated heterocycles. The number of rotatable bonds is 17. The number of benzene rings is 1. The fourth-order valence-corrected chi connectivity index (χ4v) is 4.00. The zero-order valence-electron chi connectivity index (χ0n) is 22.2. The molecule has 0 radical (unpaired) electrons. The second-order valence-electron chi connectivity index (χ2n) is 9.22. The highest BCUT2D eigenvalue weighted by molar-refractivity contribution is 7.98. The van der Waals surface area contributed by atoms with Gasteiger partial charge in [-0.3, -0.25) is 19.4 Å². The highest BCUT2D eigenvalue weighted by Gasteiger charge is 2.31. The van der Waals surface area contributed by atoms with E-state index in [1.807, 2.05) is 12.3 Å². The number of carbonyl (C=O) groups is 4. The maximum atomic E-state index is 13.3. The number of nitrogens with zero attached hydrogens (tertiary/aromatic N) is 1. The van der Waals surface area contributed by atoms with Crippen LogP contribution in [0.5, 0.6) is 0 Å². The molecule has 0 aliphatic carbocycles. The van der Waals surface area contributed by atoms with Crippen molar-refractivity contribution in [3.05, 3.63) is 35.9 Å². The van der Waals surface area contributed by atoms with Gasteiger partial charge in [-0.15, -0.1) is 0 Å². The SMILES string of the molecule is CSCCC(NC(=O)C(Cc1ccccc1)NC(=O)C(NC(=O)C(N)CCCN=C(N)N)C(C)C)C(=O)O. The van der Waals surface area contributed by atoms with Crippen LogP contribution >= 0.6 is 11.8 Å². The molecule has 0 aliphatic rings. The summed E-state index contributed by atoms with van der Waals surface area (Å²) in [7, 11) is 0. The molecule has 12 nitrogen and oxygen atoms in total. The first-order valence-corrected chi connectivity index (χ1v) is 13.8. The monoisotopic (exact) mass is 551 g/mol. The van der Waals surface area contributed by atoms with Crippen molar-refractivity contribution >= 4 is 41.4 Å². The molecular weight excluding hydrogens is 510 g/mol. The summed E-state index contributed by atoms with van der Waals surface area (Å²) >= 11 is 1.47. The summed E-state index contributed by atoms with van der Waals surface area (Å²) in [5.74, 6) is -2.70. The Labute approximate surface area is 227 Å². The molecule has 0 fully saturated rings. The van der Waals surface area contributed by atoms with Crippen LogP contribution < -0.4 is 33.2 Å². The lowest BCUT2D eigenvalue weighted by molar-refractivity contribution is -0.142. The van der Waals surface area contributed by atoms with Crippen molar-refractivity contribution in [2.24, 2.45) is 28.1 Å². The van der Waals surface area contributed by atoms with E-state index in [0.29, 0.717) is 25.1 Å². The van der Waals surface area contributed by atoms with Crippen molar-refractivity contribution in [1.82, 2.24) is 16.0 Å². The summed E-state index contributed by atoms with van der Waals surface area (Å²) in [5, 5.41) is 17.4. The molecular formula is C25H41N7O5S. The molecule has 1 aromatic rings. The summed E-state index contributed by atoms with van der Waals surface area (Å²) < 4.78 is 0. The van der Waals surface area contributed by atoms with E-state index in [4.69, 9.17) is 17.2 Å². The Morgan fingerprint density at radius 1 is 0.947 bits per heavy atom. The molecule has 38 heavy (non-hydrogen) atoms. The van der Waals surface area contributed by atoms with Gasteiger partial charge in [0.25, 0.3) is 0 Å². The first-order chi connectivity index (χ1) is 18.0. The number of aliphatic carboxylic acids is 1. The van der Waals surface area contributed by atoms with Gasteiger partial charge >= 0.3 is 5.97 Å². The number of guanidine groups is 1. The summed E-state index contributed by atoms with van der Waals surface area (Å²) in [4.78, 5) is 54.6. The Bertz CT molecular complexity index is 941.